The van der Waals surface area contributed by atoms with Crippen LogP contribution in [0.1, 0.15) is 22.5 Å². The van der Waals surface area contributed by atoms with Crippen LogP contribution in [0, 0.1) is 13.8 Å². The number of H-pyrrole nitrogens is 1. The molecule has 0 aromatic carbocycles. The molecule has 4 nitrogen and oxygen atoms in total. The molecule has 0 radical (unpaired) electrons. The largest absolute Gasteiger partial charge is 0.298 e. The third-order valence-electron chi connectivity index (χ3n) is 2.91. The van der Waals surface area contributed by atoms with Crippen LogP contribution in [-0.4, -0.2) is 27.1 Å². The molecule has 0 fully saturated rings. The maximum absolute atomic E-state index is 4.21. The number of aromatic amines is 1. The normalized spacial score (nSPS) is 11.1. The van der Waals surface area contributed by atoms with Gasteiger partial charge in [0.15, 0.2) is 0 Å². The molecule has 17 heavy (non-hydrogen) atoms. The minimum atomic E-state index is 0.913. The summed E-state index contributed by atoms with van der Waals surface area (Å²) in [4.78, 5) is 6.30. The number of aromatic nitrogens is 3. The fraction of sp³-hybridized carbons (Fsp3) is 0.385. The van der Waals surface area contributed by atoms with Crippen molar-refractivity contribution in [1.82, 2.24) is 20.1 Å². The van der Waals surface area contributed by atoms with Crippen molar-refractivity contribution in [3.8, 4) is 0 Å². The summed E-state index contributed by atoms with van der Waals surface area (Å²) < 4.78 is 0. The van der Waals surface area contributed by atoms with Crippen LogP contribution in [0.15, 0.2) is 24.5 Å². The van der Waals surface area contributed by atoms with E-state index in [1.165, 1.54) is 11.1 Å². The van der Waals surface area contributed by atoms with Gasteiger partial charge in [0.05, 0.1) is 5.69 Å². The van der Waals surface area contributed by atoms with Crippen LogP contribution in [0.25, 0.3) is 0 Å². The highest BCUT2D eigenvalue weighted by Crippen LogP contribution is 2.13. The lowest BCUT2D eigenvalue weighted by molar-refractivity contribution is 0.317. The summed E-state index contributed by atoms with van der Waals surface area (Å²) in [6.45, 7) is 5.94. The molecule has 2 aromatic heterocycles. The third-order valence-corrected chi connectivity index (χ3v) is 2.91. The first kappa shape index (κ1) is 11.8. The van der Waals surface area contributed by atoms with Crippen molar-refractivity contribution in [1.29, 1.82) is 0 Å². The van der Waals surface area contributed by atoms with Gasteiger partial charge in [-0.2, -0.15) is 5.10 Å². The summed E-state index contributed by atoms with van der Waals surface area (Å²) >= 11 is 0. The van der Waals surface area contributed by atoms with E-state index < -0.39 is 0 Å². The van der Waals surface area contributed by atoms with Gasteiger partial charge in [0.1, 0.15) is 0 Å². The summed E-state index contributed by atoms with van der Waals surface area (Å²) in [7, 11) is 2.12. The highest BCUT2D eigenvalue weighted by Gasteiger charge is 2.09. The minimum Gasteiger partial charge on any atom is -0.298 e. The fourth-order valence-electron chi connectivity index (χ4n) is 1.93. The number of nitrogens with zero attached hydrogens (tertiary/aromatic N) is 3. The van der Waals surface area contributed by atoms with E-state index in [1.54, 1.807) is 0 Å². The Morgan fingerprint density at radius 3 is 2.47 bits per heavy atom. The van der Waals surface area contributed by atoms with Crippen molar-refractivity contribution in [2.24, 2.45) is 0 Å². The van der Waals surface area contributed by atoms with Crippen LogP contribution < -0.4 is 0 Å². The van der Waals surface area contributed by atoms with Crippen LogP contribution in [0.2, 0.25) is 0 Å². The van der Waals surface area contributed by atoms with Crippen molar-refractivity contribution >= 4 is 0 Å². The van der Waals surface area contributed by atoms with Gasteiger partial charge >= 0.3 is 0 Å². The summed E-state index contributed by atoms with van der Waals surface area (Å²) in [6.07, 6.45) is 3.66. The Morgan fingerprint density at radius 2 is 1.88 bits per heavy atom. The van der Waals surface area contributed by atoms with Crippen LogP contribution in [0.5, 0.6) is 0 Å². The molecule has 0 bridgehead atoms. The van der Waals surface area contributed by atoms with Gasteiger partial charge in [-0.25, -0.2) is 0 Å². The number of nitrogens with one attached hydrogen (secondary N) is 1. The van der Waals surface area contributed by atoms with Gasteiger partial charge in [-0.3, -0.25) is 15.0 Å². The van der Waals surface area contributed by atoms with Gasteiger partial charge in [0.25, 0.3) is 0 Å². The molecule has 0 aliphatic carbocycles. The summed E-state index contributed by atoms with van der Waals surface area (Å²) in [5.74, 6) is 0. The van der Waals surface area contributed by atoms with Crippen LogP contribution in [0.4, 0.5) is 0 Å². The van der Waals surface area contributed by atoms with E-state index >= 15 is 0 Å². The van der Waals surface area contributed by atoms with E-state index in [-0.39, 0.29) is 0 Å². The van der Waals surface area contributed by atoms with Crippen molar-refractivity contribution in [2.75, 3.05) is 7.05 Å². The first-order chi connectivity index (χ1) is 8.16. The zero-order chi connectivity index (χ0) is 12.3. The molecule has 1 N–H and O–H groups in total. The molecule has 0 spiro atoms. The molecule has 0 saturated carbocycles. The second-order valence-corrected chi connectivity index (χ2v) is 4.44. The zero-order valence-corrected chi connectivity index (χ0v) is 10.6. The average Bonchev–Trinajstić information content (AvgIpc) is 2.62. The number of hydrogen-bond acceptors (Lipinski definition) is 3. The van der Waals surface area contributed by atoms with E-state index in [4.69, 9.17) is 0 Å². The van der Waals surface area contributed by atoms with Crippen LogP contribution in [0.3, 0.4) is 0 Å². The molecule has 0 amide bonds. The first-order valence-corrected chi connectivity index (χ1v) is 5.74. The Kier molecular flexibility index (Phi) is 3.54. The molecule has 0 atom stereocenters. The molecule has 0 unspecified atom stereocenters. The van der Waals surface area contributed by atoms with E-state index in [1.807, 2.05) is 31.5 Å². The second kappa shape index (κ2) is 5.10. The van der Waals surface area contributed by atoms with E-state index in [2.05, 4.69) is 34.1 Å². The molecule has 0 aliphatic rings. The molecule has 2 aromatic rings. The van der Waals surface area contributed by atoms with Gasteiger partial charge in [0.2, 0.25) is 0 Å². The summed E-state index contributed by atoms with van der Waals surface area (Å²) in [5, 5.41) is 7.23. The van der Waals surface area contributed by atoms with Crippen molar-refractivity contribution in [3.05, 3.63) is 47.0 Å². The Morgan fingerprint density at radius 1 is 1.18 bits per heavy atom. The topological polar surface area (TPSA) is 44.8 Å². The van der Waals surface area contributed by atoms with Gasteiger partial charge in [-0.1, -0.05) is 0 Å². The third kappa shape index (κ3) is 2.91. The van der Waals surface area contributed by atoms with Crippen molar-refractivity contribution < 1.29 is 0 Å². The smallest absolute Gasteiger partial charge is 0.0639 e. The molecule has 0 aliphatic heterocycles. The highest BCUT2D eigenvalue weighted by molar-refractivity contribution is 5.23. The predicted molar refractivity (Wildman–Crippen MR) is 67.5 cm³/mol. The fourth-order valence-corrected chi connectivity index (χ4v) is 1.93. The number of aryl methyl sites for hydroxylation is 2. The van der Waals surface area contributed by atoms with E-state index in [9.17, 15) is 0 Å². The molecular formula is C13H18N4. The van der Waals surface area contributed by atoms with Crippen LogP contribution in [-0.2, 0) is 13.1 Å². The maximum Gasteiger partial charge on any atom is 0.0639 e. The van der Waals surface area contributed by atoms with Gasteiger partial charge in [-0.05, 0) is 38.6 Å². The zero-order valence-electron chi connectivity index (χ0n) is 10.6. The van der Waals surface area contributed by atoms with E-state index in [0.717, 1.165) is 24.5 Å². The number of rotatable bonds is 4. The molecule has 0 saturated heterocycles. The standard InChI is InChI=1S/C13H18N4/c1-10-13(11(2)16-15-10)9-17(3)8-12-4-6-14-7-5-12/h4-7H,8-9H2,1-3H3,(H,15,16). The monoisotopic (exact) mass is 230 g/mol. The minimum absolute atomic E-state index is 0.913. The number of hydrogen-bond donors (Lipinski definition) is 1. The Labute approximate surface area is 102 Å². The lowest BCUT2D eigenvalue weighted by atomic mass is 10.2. The lowest BCUT2D eigenvalue weighted by Crippen LogP contribution is -2.18. The summed E-state index contributed by atoms with van der Waals surface area (Å²) in [5.41, 5.74) is 4.82. The van der Waals surface area contributed by atoms with Gasteiger partial charge in [0, 0.05) is 36.7 Å². The molecular weight excluding hydrogens is 212 g/mol. The quantitative estimate of drug-likeness (QED) is 0.874. The molecule has 2 rings (SSSR count). The average molecular weight is 230 g/mol. The van der Waals surface area contributed by atoms with Gasteiger partial charge in [-0.15, -0.1) is 0 Å². The van der Waals surface area contributed by atoms with Gasteiger partial charge < -0.3 is 0 Å². The Balaban J connectivity index is 2.01. The number of pyridine rings is 1. The Bertz CT molecular complexity index is 456. The lowest BCUT2D eigenvalue weighted by Gasteiger charge is -2.16. The first-order valence-electron chi connectivity index (χ1n) is 5.74. The SMILES string of the molecule is Cc1n[nH]c(C)c1CN(C)Cc1ccncc1. The van der Waals surface area contributed by atoms with Crippen molar-refractivity contribution in [3.63, 3.8) is 0 Å². The molecule has 90 valence electrons. The van der Waals surface area contributed by atoms with E-state index in [0.29, 0.717) is 0 Å². The second-order valence-electron chi connectivity index (χ2n) is 4.44. The van der Waals surface area contributed by atoms with Crippen LogP contribution >= 0.6 is 0 Å². The van der Waals surface area contributed by atoms with Crippen molar-refractivity contribution in [2.45, 2.75) is 26.9 Å². The summed E-state index contributed by atoms with van der Waals surface area (Å²) in [6, 6.07) is 4.09. The molecule has 4 heteroatoms. The predicted octanol–water partition coefficient (Wildman–Crippen LogP) is 2.05. The highest BCUT2D eigenvalue weighted by atomic mass is 15.1. The Hall–Kier alpha value is -1.68. The molecule has 2 heterocycles. The maximum atomic E-state index is 4.21.